The van der Waals surface area contributed by atoms with Gasteiger partial charge in [0.25, 0.3) is 0 Å². The molecule has 1 unspecified atom stereocenters. The molecule has 2 aromatic carbocycles. The van der Waals surface area contributed by atoms with Crippen LogP contribution in [0.15, 0.2) is 58.9 Å². The van der Waals surface area contributed by atoms with E-state index in [1.54, 1.807) is 12.1 Å². The Balaban J connectivity index is 1.56. The first-order chi connectivity index (χ1) is 14.3. The van der Waals surface area contributed by atoms with Crippen molar-refractivity contribution in [3.8, 4) is 17.3 Å². The van der Waals surface area contributed by atoms with Crippen molar-refractivity contribution >= 4 is 38.5 Å². The average Bonchev–Trinajstić information content (AvgIpc) is 3.19. The predicted molar refractivity (Wildman–Crippen MR) is 119 cm³/mol. The minimum atomic E-state index is -3.39. The molecule has 152 valence electrons. The molecule has 0 saturated heterocycles. The molecule has 1 N–H and O–H groups in total. The second kappa shape index (κ2) is 7.55. The molecule has 0 bridgehead atoms. The lowest BCUT2D eigenvalue weighted by Crippen LogP contribution is -2.42. The summed E-state index contributed by atoms with van der Waals surface area (Å²) in [5, 5.41) is 14.9. The number of sulfonamides is 1. The van der Waals surface area contributed by atoms with Gasteiger partial charge in [-0.25, -0.2) is 13.4 Å². The van der Waals surface area contributed by atoms with E-state index in [4.69, 9.17) is 5.26 Å². The highest BCUT2D eigenvalue weighted by Gasteiger charge is 2.37. The first kappa shape index (κ1) is 20.1. The molecule has 1 aliphatic rings. The van der Waals surface area contributed by atoms with Crippen LogP contribution in [0.1, 0.15) is 18.1 Å². The van der Waals surface area contributed by atoms with Gasteiger partial charge in [0.15, 0.2) is 5.13 Å². The van der Waals surface area contributed by atoms with Crippen molar-refractivity contribution in [1.29, 1.82) is 5.26 Å². The summed E-state index contributed by atoms with van der Waals surface area (Å²) < 4.78 is 25.8. The van der Waals surface area contributed by atoms with E-state index in [2.05, 4.69) is 21.4 Å². The number of aliphatic imine (C=N–C) groups is 1. The second-order valence-electron chi connectivity index (χ2n) is 7.22. The smallest absolute Gasteiger partial charge is 0.238 e. The fourth-order valence-corrected chi connectivity index (χ4v) is 5.25. The Morgan fingerprint density at radius 3 is 2.70 bits per heavy atom. The summed E-state index contributed by atoms with van der Waals surface area (Å²) in [7, 11) is -1.90. The molecule has 0 spiro atoms. The zero-order valence-electron chi connectivity index (χ0n) is 16.4. The van der Waals surface area contributed by atoms with Gasteiger partial charge in [0.1, 0.15) is 5.54 Å². The fraction of sp³-hybridized carbons (Fsp3) is 0.190. The van der Waals surface area contributed by atoms with Crippen LogP contribution in [0.4, 0.5) is 10.8 Å². The summed E-state index contributed by atoms with van der Waals surface area (Å²) >= 11 is 1.47. The third-order valence-electron chi connectivity index (χ3n) is 4.96. The van der Waals surface area contributed by atoms with E-state index in [1.807, 2.05) is 48.7 Å². The van der Waals surface area contributed by atoms with E-state index in [1.165, 1.54) is 24.7 Å². The van der Waals surface area contributed by atoms with Gasteiger partial charge in [-0.3, -0.25) is 9.30 Å². The quantitative estimate of drug-likeness (QED) is 0.666. The normalized spacial score (nSPS) is 20.0. The molecule has 7 nitrogen and oxygen atoms in total. The highest BCUT2D eigenvalue weighted by molar-refractivity contribution is 7.89. The van der Waals surface area contributed by atoms with Crippen molar-refractivity contribution in [3.05, 3.63) is 65.0 Å². The lowest BCUT2D eigenvalue weighted by molar-refractivity contribution is 0.485. The van der Waals surface area contributed by atoms with Crippen LogP contribution >= 0.6 is 11.3 Å². The maximum atomic E-state index is 12.3. The molecule has 3 aromatic rings. The highest BCUT2D eigenvalue weighted by atomic mass is 32.2. The van der Waals surface area contributed by atoms with E-state index in [0.29, 0.717) is 5.56 Å². The first-order valence-corrected chi connectivity index (χ1v) is 11.6. The number of nitrogens with zero attached hydrogens (tertiary/aromatic N) is 4. The van der Waals surface area contributed by atoms with Gasteiger partial charge in [-0.2, -0.15) is 5.26 Å². The van der Waals surface area contributed by atoms with Crippen LogP contribution in [0.2, 0.25) is 0 Å². The van der Waals surface area contributed by atoms with E-state index in [9.17, 15) is 8.42 Å². The molecule has 1 aromatic heterocycles. The largest absolute Gasteiger partial charge is 0.332 e. The van der Waals surface area contributed by atoms with Crippen molar-refractivity contribution in [1.82, 2.24) is 9.29 Å². The number of nitrogens with one attached hydrogen (secondary N) is 1. The Bertz CT molecular complexity index is 1260. The van der Waals surface area contributed by atoms with Crippen LogP contribution < -0.4 is 5.32 Å². The number of hydrogen-bond donors (Lipinski definition) is 1. The Morgan fingerprint density at radius 1 is 1.23 bits per heavy atom. The summed E-state index contributed by atoms with van der Waals surface area (Å²) in [6.45, 7) is 1.82. The predicted octanol–water partition coefficient (Wildman–Crippen LogP) is 3.94. The number of benzene rings is 2. The number of hydrogen-bond acceptors (Lipinski definition) is 7. The third-order valence-corrected chi connectivity index (χ3v) is 7.61. The molecule has 0 aliphatic carbocycles. The van der Waals surface area contributed by atoms with Gasteiger partial charge >= 0.3 is 0 Å². The maximum absolute atomic E-state index is 12.3. The summed E-state index contributed by atoms with van der Waals surface area (Å²) in [4.78, 5) is 9.09. The second-order valence-corrected chi connectivity index (χ2v) is 10.1. The Morgan fingerprint density at radius 2 is 2.00 bits per heavy atom. The molecule has 1 atom stereocenters. The van der Waals surface area contributed by atoms with E-state index < -0.39 is 15.6 Å². The lowest BCUT2D eigenvalue weighted by Gasteiger charge is -2.32. The van der Waals surface area contributed by atoms with E-state index >= 15 is 0 Å². The van der Waals surface area contributed by atoms with Crippen molar-refractivity contribution < 1.29 is 8.42 Å². The van der Waals surface area contributed by atoms with Crippen molar-refractivity contribution in [2.24, 2.45) is 4.99 Å². The zero-order chi connectivity index (χ0) is 21.4. The average molecular weight is 438 g/mol. The molecular weight excluding hydrogens is 418 g/mol. The molecule has 0 amide bonds. The van der Waals surface area contributed by atoms with Gasteiger partial charge in [-0.05, 0) is 36.8 Å². The molecule has 0 fully saturated rings. The van der Waals surface area contributed by atoms with Crippen molar-refractivity contribution in [2.75, 3.05) is 18.1 Å². The molecular formula is C21H19N5O2S2. The van der Waals surface area contributed by atoms with Gasteiger partial charge in [0.2, 0.25) is 10.0 Å². The summed E-state index contributed by atoms with van der Waals surface area (Å²) in [5.41, 5.74) is 3.13. The Labute approximate surface area is 179 Å². The van der Waals surface area contributed by atoms with Gasteiger partial charge in [0.05, 0.1) is 29.4 Å². The number of thiazole rings is 1. The lowest BCUT2D eigenvalue weighted by atomic mass is 9.94. The minimum absolute atomic E-state index is 0.0868. The SMILES string of the molecule is CN1C=NC(C)(c2cccc(Nc3nc(-c4ccc(C#N)cc4)cs3)c2)CS1(=O)=O. The number of nitriles is 1. The summed E-state index contributed by atoms with van der Waals surface area (Å²) in [6, 6.07) is 16.9. The molecule has 0 saturated carbocycles. The van der Waals surface area contributed by atoms with Gasteiger partial charge in [-0.1, -0.05) is 24.3 Å². The highest BCUT2D eigenvalue weighted by Crippen LogP contribution is 2.33. The van der Waals surface area contributed by atoms with E-state index in [0.717, 1.165) is 31.9 Å². The zero-order valence-corrected chi connectivity index (χ0v) is 18.0. The van der Waals surface area contributed by atoms with Crippen LogP contribution in [0.5, 0.6) is 0 Å². The Kier molecular flexibility index (Phi) is 5.05. The molecule has 2 heterocycles. The number of aromatic nitrogens is 1. The number of rotatable bonds is 4. The van der Waals surface area contributed by atoms with E-state index in [-0.39, 0.29) is 5.75 Å². The molecule has 4 rings (SSSR count). The number of anilines is 2. The molecule has 9 heteroatoms. The van der Waals surface area contributed by atoms with Gasteiger partial charge < -0.3 is 5.32 Å². The monoisotopic (exact) mass is 437 g/mol. The molecule has 30 heavy (non-hydrogen) atoms. The first-order valence-electron chi connectivity index (χ1n) is 9.14. The van der Waals surface area contributed by atoms with Crippen LogP contribution in [0.25, 0.3) is 11.3 Å². The van der Waals surface area contributed by atoms with Crippen LogP contribution in [0, 0.1) is 11.3 Å². The standard InChI is InChI=1S/C21H19N5O2S2/c1-21(13-30(27,28)26(2)14-23-21)17-4-3-5-18(10-17)24-20-25-19(12-29-20)16-8-6-15(11-22)7-9-16/h3-10,12,14H,13H2,1-2H3,(H,24,25). The Hall–Kier alpha value is -3.22. The van der Waals surface area contributed by atoms with Gasteiger partial charge in [-0.15, -0.1) is 11.3 Å². The van der Waals surface area contributed by atoms with Crippen LogP contribution in [0.3, 0.4) is 0 Å². The minimum Gasteiger partial charge on any atom is -0.332 e. The maximum Gasteiger partial charge on any atom is 0.238 e. The van der Waals surface area contributed by atoms with Crippen LogP contribution in [-0.2, 0) is 15.6 Å². The van der Waals surface area contributed by atoms with Crippen LogP contribution in [-0.4, -0.2) is 36.8 Å². The summed E-state index contributed by atoms with van der Waals surface area (Å²) in [5.74, 6) is -0.0868. The van der Waals surface area contributed by atoms with Gasteiger partial charge in [0, 0.05) is 23.7 Å². The van der Waals surface area contributed by atoms with Crippen molar-refractivity contribution in [2.45, 2.75) is 12.5 Å². The summed E-state index contributed by atoms with van der Waals surface area (Å²) in [6.07, 6.45) is 1.36. The fourth-order valence-electron chi connectivity index (χ4n) is 3.17. The molecule has 0 radical (unpaired) electrons. The molecule has 1 aliphatic heterocycles. The van der Waals surface area contributed by atoms with Crippen molar-refractivity contribution in [3.63, 3.8) is 0 Å². The third kappa shape index (κ3) is 3.92. The topological polar surface area (TPSA) is 98.4 Å².